The molecule has 1 amide bonds. The number of benzene rings is 1. The Hall–Kier alpha value is -2.37. The fraction of sp³-hybridized carbons (Fsp3) is 0.357. The smallest absolute Gasteiger partial charge is 0.227 e. The number of rotatable bonds is 2. The van der Waals surface area contributed by atoms with E-state index in [1.54, 1.807) is 0 Å². The summed E-state index contributed by atoms with van der Waals surface area (Å²) in [5.74, 6) is -0.0801. The number of nitrogens with two attached hydrogens (primary N) is 1. The first kappa shape index (κ1) is 12.7. The third-order valence-corrected chi connectivity index (χ3v) is 3.71. The van der Waals surface area contributed by atoms with Crippen LogP contribution in [0.3, 0.4) is 0 Å². The van der Waals surface area contributed by atoms with E-state index in [1.807, 2.05) is 25.1 Å². The summed E-state index contributed by atoms with van der Waals surface area (Å²) >= 11 is 0. The second kappa shape index (κ2) is 4.96. The van der Waals surface area contributed by atoms with Gasteiger partial charge in [-0.25, -0.2) is 0 Å². The van der Waals surface area contributed by atoms with E-state index in [-0.39, 0.29) is 11.8 Å². The van der Waals surface area contributed by atoms with Crippen LogP contribution in [-0.2, 0) is 17.6 Å². The van der Waals surface area contributed by atoms with Gasteiger partial charge < -0.3 is 11.1 Å². The van der Waals surface area contributed by atoms with Crippen molar-refractivity contribution in [3.63, 3.8) is 0 Å². The summed E-state index contributed by atoms with van der Waals surface area (Å²) in [6.45, 7) is 1.97. The number of hydrogen-bond acceptors (Lipinski definition) is 4. The molecule has 4 N–H and O–H groups in total. The van der Waals surface area contributed by atoms with Crippen LogP contribution in [-0.4, -0.2) is 21.3 Å². The van der Waals surface area contributed by atoms with Gasteiger partial charge in [0.05, 0.1) is 22.8 Å². The molecule has 6 nitrogen and oxygen atoms in total. The number of carbonyl (C=O) groups is 1. The van der Waals surface area contributed by atoms with Crippen LogP contribution in [0.1, 0.15) is 23.4 Å². The first-order valence-corrected chi connectivity index (χ1v) is 6.69. The van der Waals surface area contributed by atoms with Crippen molar-refractivity contribution in [3.8, 4) is 0 Å². The minimum absolute atomic E-state index is 0.00375. The Bertz CT molecular complexity index is 649. The number of nitrogens with zero attached hydrogens (tertiary/aromatic N) is 2. The molecule has 6 heteroatoms. The van der Waals surface area contributed by atoms with Crippen LogP contribution in [0.4, 0.5) is 11.4 Å². The van der Waals surface area contributed by atoms with E-state index in [1.165, 1.54) is 0 Å². The summed E-state index contributed by atoms with van der Waals surface area (Å²) in [7, 11) is 0. The highest BCUT2D eigenvalue weighted by molar-refractivity contribution is 5.95. The molecule has 0 spiro atoms. The molecule has 1 aromatic carbocycles. The highest BCUT2D eigenvalue weighted by atomic mass is 16.1. The van der Waals surface area contributed by atoms with Gasteiger partial charge in [-0.1, -0.05) is 6.07 Å². The Balaban J connectivity index is 1.73. The molecule has 1 aliphatic carbocycles. The molecule has 2 aromatic rings. The zero-order valence-corrected chi connectivity index (χ0v) is 11.3. The molecule has 0 saturated carbocycles. The molecule has 0 fully saturated rings. The van der Waals surface area contributed by atoms with Gasteiger partial charge >= 0.3 is 0 Å². The molecule has 3 rings (SSSR count). The number of aryl methyl sites for hydroxylation is 2. The number of anilines is 2. The lowest BCUT2D eigenvalue weighted by molar-refractivity contribution is -0.120. The second-order valence-corrected chi connectivity index (χ2v) is 5.24. The van der Waals surface area contributed by atoms with Crippen molar-refractivity contribution >= 4 is 17.3 Å². The van der Waals surface area contributed by atoms with Crippen molar-refractivity contribution in [2.75, 3.05) is 11.1 Å². The summed E-state index contributed by atoms with van der Waals surface area (Å²) in [4.78, 5) is 12.3. The Morgan fingerprint density at radius 3 is 3.05 bits per heavy atom. The maximum Gasteiger partial charge on any atom is 0.227 e. The molecule has 1 heterocycles. The number of carbonyl (C=O) groups excluding carboxylic acids is 1. The Labute approximate surface area is 116 Å². The molecule has 104 valence electrons. The standard InChI is InChI=1S/C14H17N5O/c1-8-2-4-10(15)12(6-8)16-14(20)9-3-5-11-13(7-9)18-19-17-11/h2,4,6,9H,3,5,7,15H2,1H3,(H,16,20)(H,17,18,19). The van der Waals surface area contributed by atoms with Crippen molar-refractivity contribution in [1.82, 2.24) is 15.4 Å². The van der Waals surface area contributed by atoms with E-state index in [0.717, 1.165) is 29.8 Å². The molecule has 0 bridgehead atoms. The molecule has 1 atom stereocenters. The number of fused-ring (bicyclic) bond motifs is 1. The van der Waals surface area contributed by atoms with E-state index in [4.69, 9.17) is 5.73 Å². The quantitative estimate of drug-likeness (QED) is 0.720. The summed E-state index contributed by atoms with van der Waals surface area (Å²) in [5, 5.41) is 13.7. The average molecular weight is 271 g/mol. The van der Waals surface area contributed by atoms with Crippen molar-refractivity contribution in [1.29, 1.82) is 0 Å². The van der Waals surface area contributed by atoms with Crippen molar-refractivity contribution < 1.29 is 4.79 Å². The first-order chi connectivity index (χ1) is 9.63. The molecular formula is C14H17N5O. The average Bonchev–Trinajstić information content (AvgIpc) is 2.90. The summed E-state index contributed by atoms with van der Waals surface area (Å²) in [6.07, 6.45) is 2.20. The maximum atomic E-state index is 12.3. The number of hydrogen-bond donors (Lipinski definition) is 3. The third kappa shape index (κ3) is 2.36. The van der Waals surface area contributed by atoms with Crippen LogP contribution in [0.5, 0.6) is 0 Å². The SMILES string of the molecule is Cc1ccc(N)c(NC(=O)C2CCc3n[nH]nc3C2)c1. The first-order valence-electron chi connectivity index (χ1n) is 6.69. The molecule has 1 aromatic heterocycles. The van der Waals surface area contributed by atoms with Gasteiger partial charge in [0.2, 0.25) is 5.91 Å². The molecule has 0 saturated heterocycles. The van der Waals surface area contributed by atoms with Gasteiger partial charge in [0, 0.05) is 12.3 Å². The highest BCUT2D eigenvalue weighted by Gasteiger charge is 2.27. The summed E-state index contributed by atoms with van der Waals surface area (Å²) < 4.78 is 0. The van der Waals surface area contributed by atoms with Gasteiger partial charge in [-0.05, 0) is 37.5 Å². The van der Waals surface area contributed by atoms with Crippen LogP contribution < -0.4 is 11.1 Å². The Kier molecular flexibility index (Phi) is 3.14. The number of nitrogen functional groups attached to an aromatic ring is 1. The van der Waals surface area contributed by atoms with E-state index in [9.17, 15) is 4.79 Å². The predicted molar refractivity (Wildman–Crippen MR) is 76.1 cm³/mol. The zero-order chi connectivity index (χ0) is 14.1. The van der Waals surface area contributed by atoms with Crippen LogP contribution in [0, 0.1) is 12.8 Å². The van der Waals surface area contributed by atoms with Crippen molar-refractivity contribution in [3.05, 3.63) is 35.2 Å². The minimum atomic E-state index is -0.0764. The number of amides is 1. The van der Waals surface area contributed by atoms with Crippen LogP contribution in [0.15, 0.2) is 18.2 Å². The Morgan fingerprint density at radius 1 is 1.40 bits per heavy atom. The number of nitrogens with one attached hydrogen (secondary N) is 2. The normalized spacial score (nSPS) is 17.6. The summed E-state index contributed by atoms with van der Waals surface area (Å²) in [5.41, 5.74) is 10.1. The minimum Gasteiger partial charge on any atom is -0.397 e. The zero-order valence-electron chi connectivity index (χ0n) is 11.3. The molecule has 20 heavy (non-hydrogen) atoms. The fourth-order valence-electron chi connectivity index (χ4n) is 2.52. The molecule has 1 aliphatic rings. The van der Waals surface area contributed by atoms with Crippen LogP contribution >= 0.6 is 0 Å². The van der Waals surface area contributed by atoms with Gasteiger partial charge in [-0.3, -0.25) is 4.79 Å². The lowest BCUT2D eigenvalue weighted by atomic mass is 9.89. The molecule has 1 unspecified atom stereocenters. The number of aromatic nitrogens is 3. The van der Waals surface area contributed by atoms with Crippen LogP contribution in [0.2, 0.25) is 0 Å². The topological polar surface area (TPSA) is 96.7 Å². The van der Waals surface area contributed by atoms with Crippen molar-refractivity contribution in [2.24, 2.45) is 5.92 Å². The largest absolute Gasteiger partial charge is 0.397 e. The van der Waals surface area contributed by atoms with Gasteiger partial charge in [0.15, 0.2) is 0 Å². The van der Waals surface area contributed by atoms with Gasteiger partial charge in [0.25, 0.3) is 0 Å². The van der Waals surface area contributed by atoms with E-state index in [2.05, 4.69) is 20.7 Å². The lowest BCUT2D eigenvalue weighted by Crippen LogP contribution is -2.28. The van der Waals surface area contributed by atoms with E-state index >= 15 is 0 Å². The molecule has 0 aliphatic heterocycles. The summed E-state index contributed by atoms with van der Waals surface area (Å²) in [6, 6.07) is 5.62. The lowest BCUT2D eigenvalue weighted by Gasteiger charge is -2.20. The number of H-pyrrole nitrogens is 1. The van der Waals surface area contributed by atoms with E-state index in [0.29, 0.717) is 17.8 Å². The van der Waals surface area contributed by atoms with Gasteiger partial charge in [0.1, 0.15) is 0 Å². The third-order valence-electron chi connectivity index (χ3n) is 3.71. The highest BCUT2D eigenvalue weighted by Crippen LogP contribution is 2.25. The van der Waals surface area contributed by atoms with Crippen molar-refractivity contribution in [2.45, 2.75) is 26.2 Å². The maximum absolute atomic E-state index is 12.3. The van der Waals surface area contributed by atoms with E-state index < -0.39 is 0 Å². The van der Waals surface area contributed by atoms with Gasteiger partial charge in [-0.2, -0.15) is 15.4 Å². The fourth-order valence-corrected chi connectivity index (χ4v) is 2.52. The predicted octanol–water partition coefficient (Wildman–Crippen LogP) is 1.44. The molecular weight excluding hydrogens is 254 g/mol. The second-order valence-electron chi connectivity index (χ2n) is 5.24. The monoisotopic (exact) mass is 271 g/mol. The molecule has 0 radical (unpaired) electrons. The Morgan fingerprint density at radius 2 is 2.20 bits per heavy atom. The van der Waals surface area contributed by atoms with Gasteiger partial charge in [-0.15, -0.1) is 0 Å². The van der Waals surface area contributed by atoms with Crippen LogP contribution in [0.25, 0.3) is 0 Å². The number of aromatic amines is 1.